The van der Waals surface area contributed by atoms with Gasteiger partial charge in [-0.3, -0.25) is 5.43 Å². The van der Waals surface area contributed by atoms with E-state index in [1.54, 1.807) is 6.92 Å². The summed E-state index contributed by atoms with van der Waals surface area (Å²) in [6.45, 7) is 1.72. The molecular weight excluding hydrogens is 254 g/mol. The molecule has 0 aliphatic heterocycles. The average molecular weight is 270 g/mol. The molecule has 19 heavy (non-hydrogen) atoms. The van der Waals surface area contributed by atoms with Crippen molar-refractivity contribution >= 4 is 17.3 Å². The Morgan fingerprint density at radius 3 is 3.05 bits per heavy atom. The van der Waals surface area contributed by atoms with Gasteiger partial charge in [-0.25, -0.2) is 13.8 Å². The number of hydrogen-bond donors (Lipinski definition) is 2. The predicted molar refractivity (Wildman–Crippen MR) is 67.9 cm³/mol. The van der Waals surface area contributed by atoms with Crippen LogP contribution in [0.25, 0.3) is 0 Å². The van der Waals surface area contributed by atoms with Gasteiger partial charge in [0.05, 0.1) is 0 Å². The van der Waals surface area contributed by atoms with Crippen LogP contribution in [-0.2, 0) is 0 Å². The average Bonchev–Trinajstić information content (AvgIpc) is 2.36. The molecular formula is C11H16F2N6. The van der Waals surface area contributed by atoms with E-state index in [1.807, 2.05) is 0 Å². The zero-order valence-corrected chi connectivity index (χ0v) is 10.6. The number of halogens is 2. The molecule has 0 radical (unpaired) electrons. The Labute approximate surface area is 109 Å². The lowest BCUT2D eigenvalue weighted by Gasteiger charge is -2.28. The summed E-state index contributed by atoms with van der Waals surface area (Å²) in [6.07, 6.45) is 2.27. The summed E-state index contributed by atoms with van der Waals surface area (Å²) in [4.78, 5) is 3.75. The van der Waals surface area contributed by atoms with Gasteiger partial charge in [0.2, 0.25) is 11.7 Å². The molecule has 1 saturated carbocycles. The van der Waals surface area contributed by atoms with Crippen molar-refractivity contribution in [3.8, 4) is 0 Å². The van der Waals surface area contributed by atoms with Gasteiger partial charge in [-0.1, -0.05) is 0 Å². The molecule has 1 atom stereocenters. The lowest BCUT2D eigenvalue weighted by molar-refractivity contribution is -0.0428. The molecule has 1 unspecified atom stereocenters. The fourth-order valence-corrected chi connectivity index (χ4v) is 2.12. The van der Waals surface area contributed by atoms with Crippen molar-refractivity contribution in [1.82, 2.24) is 15.2 Å². The van der Waals surface area contributed by atoms with Crippen LogP contribution in [0.3, 0.4) is 0 Å². The topological polar surface area (TPSA) is 89.1 Å². The fourth-order valence-electron chi connectivity index (χ4n) is 2.12. The molecule has 104 valence electrons. The van der Waals surface area contributed by atoms with Crippen LogP contribution in [0.1, 0.15) is 32.6 Å². The molecule has 0 bridgehead atoms. The SMILES string of the molecule is C/C(=N\Nc1nncnc1N)C1CCCC(F)(F)C1. The molecule has 1 aliphatic rings. The van der Waals surface area contributed by atoms with Gasteiger partial charge < -0.3 is 5.73 Å². The molecule has 0 saturated heterocycles. The number of hydrazone groups is 1. The van der Waals surface area contributed by atoms with Crippen LogP contribution in [0.4, 0.5) is 20.4 Å². The van der Waals surface area contributed by atoms with Gasteiger partial charge in [0.1, 0.15) is 6.33 Å². The monoisotopic (exact) mass is 270 g/mol. The summed E-state index contributed by atoms with van der Waals surface area (Å²) in [7, 11) is 0. The smallest absolute Gasteiger partial charge is 0.248 e. The number of aromatic nitrogens is 3. The molecule has 0 spiro atoms. The Bertz CT molecular complexity index is 476. The molecule has 0 amide bonds. The summed E-state index contributed by atoms with van der Waals surface area (Å²) in [6, 6.07) is 0. The summed E-state index contributed by atoms with van der Waals surface area (Å²) < 4.78 is 26.6. The first-order valence-electron chi connectivity index (χ1n) is 6.09. The number of anilines is 2. The van der Waals surface area contributed by atoms with Crippen molar-refractivity contribution in [1.29, 1.82) is 0 Å². The number of hydrogen-bond acceptors (Lipinski definition) is 6. The van der Waals surface area contributed by atoms with Crippen molar-refractivity contribution in [2.75, 3.05) is 11.2 Å². The first kappa shape index (κ1) is 13.6. The van der Waals surface area contributed by atoms with Crippen molar-refractivity contribution in [3.05, 3.63) is 6.33 Å². The molecule has 1 aliphatic carbocycles. The number of nitrogen functional groups attached to an aromatic ring is 1. The maximum Gasteiger partial charge on any atom is 0.248 e. The van der Waals surface area contributed by atoms with Crippen LogP contribution >= 0.6 is 0 Å². The number of nitrogens with two attached hydrogens (primary N) is 1. The van der Waals surface area contributed by atoms with E-state index in [0.29, 0.717) is 12.1 Å². The summed E-state index contributed by atoms with van der Waals surface area (Å²) >= 11 is 0. The third kappa shape index (κ3) is 3.55. The zero-order chi connectivity index (χ0) is 13.9. The van der Waals surface area contributed by atoms with Crippen LogP contribution < -0.4 is 11.2 Å². The molecule has 1 aromatic rings. The quantitative estimate of drug-likeness (QED) is 0.648. The fraction of sp³-hybridized carbons (Fsp3) is 0.636. The van der Waals surface area contributed by atoms with Crippen molar-refractivity contribution in [2.45, 2.75) is 38.5 Å². The standard InChI is InChI=1S/C11H16F2N6/c1-7(8-3-2-4-11(12,13)5-8)17-19-10-9(14)15-6-16-18-10/h6,8H,2-5H2,1H3,(H,18,19)(H2,14,15,16)/b17-7+. The Morgan fingerprint density at radius 1 is 1.58 bits per heavy atom. The first-order valence-corrected chi connectivity index (χ1v) is 6.09. The highest BCUT2D eigenvalue weighted by Crippen LogP contribution is 2.37. The van der Waals surface area contributed by atoms with Crippen LogP contribution in [0.15, 0.2) is 11.4 Å². The highest BCUT2D eigenvalue weighted by molar-refractivity contribution is 5.85. The largest absolute Gasteiger partial charge is 0.380 e. The minimum Gasteiger partial charge on any atom is -0.380 e. The molecule has 2 rings (SSSR count). The second-order valence-corrected chi connectivity index (χ2v) is 4.71. The molecule has 1 heterocycles. The van der Waals surface area contributed by atoms with Gasteiger partial charge in [0.15, 0.2) is 5.82 Å². The zero-order valence-electron chi connectivity index (χ0n) is 10.6. The van der Waals surface area contributed by atoms with Crippen LogP contribution in [0, 0.1) is 5.92 Å². The lowest BCUT2D eigenvalue weighted by atomic mass is 9.84. The van der Waals surface area contributed by atoms with E-state index in [-0.39, 0.29) is 30.4 Å². The van der Waals surface area contributed by atoms with E-state index < -0.39 is 5.92 Å². The number of nitrogens with one attached hydrogen (secondary N) is 1. The number of nitrogens with zero attached hydrogens (tertiary/aromatic N) is 4. The van der Waals surface area contributed by atoms with E-state index in [1.165, 1.54) is 6.33 Å². The van der Waals surface area contributed by atoms with Crippen LogP contribution in [0.2, 0.25) is 0 Å². The number of alkyl halides is 2. The molecule has 1 fully saturated rings. The van der Waals surface area contributed by atoms with Crippen molar-refractivity contribution < 1.29 is 8.78 Å². The van der Waals surface area contributed by atoms with Crippen LogP contribution in [0.5, 0.6) is 0 Å². The summed E-state index contributed by atoms with van der Waals surface area (Å²) in [5.41, 5.74) is 8.80. The maximum absolute atomic E-state index is 13.3. The molecule has 0 aromatic carbocycles. The number of rotatable bonds is 3. The Kier molecular flexibility index (Phi) is 3.87. The highest BCUT2D eigenvalue weighted by atomic mass is 19.3. The van der Waals surface area contributed by atoms with Gasteiger partial charge in [-0.15, -0.1) is 10.2 Å². The third-order valence-corrected chi connectivity index (χ3v) is 3.22. The normalized spacial score (nSPS) is 23.1. The molecule has 3 N–H and O–H groups in total. The Balaban J connectivity index is 2.01. The van der Waals surface area contributed by atoms with Gasteiger partial charge in [-0.05, 0) is 19.8 Å². The molecule has 6 nitrogen and oxygen atoms in total. The lowest BCUT2D eigenvalue weighted by Crippen LogP contribution is -2.30. The van der Waals surface area contributed by atoms with Gasteiger partial charge in [0, 0.05) is 24.5 Å². The van der Waals surface area contributed by atoms with Gasteiger partial charge in [-0.2, -0.15) is 5.10 Å². The first-order chi connectivity index (χ1) is 8.98. The summed E-state index contributed by atoms with van der Waals surface area (Å²) in [5.74, 6) is -2.42. The van der Waals surface area contributed by atoms with Crippen molar-refractivity contribution in [2.24, 2.45) is 11.0 Å². The Hall–Kier alpha value is -1.86. The van der Waals surface area contributed by atoms with Crippen LogP contribution in [-0.4, -0.2) is 26.8 Å². The minimum absolute atomic E-state index is 0.0365. The summed E-state index contributed by atoms with van der Waals surface area (Å²) in [5, 5.41) is 11.3. The van der Waals surface area contributed by atoms with E-state index >= 15 is 0 Å². The third-order valence-electron chi connectivity index (χ3n) is 3.22. The van der Waals surface area contributed by atoms with E-state index in [0.717, 1.165) is 6.42 Å². The second-order valence-electron chi connectivity index (χ2n) is 4.71. The van der Waals surface area contributed by atoms with E-state index in [9.17, 15) is 8.78 Å². The maximum atomic E-state index is 13.3. The molecule has 1 aromatic heterocycles. The second kappa shape index (κ2) is 5.41. The van der Waals surface area contributed by atoms with Gasteiger partial charge in [0.25, 0.3) is 0 Å². The van der Waals surface area contributed by atoms with E-state index in [2.05, 4.69) is 25.7 Å². The molecule has 8 heteroatoms. The minimum atomic E-state index is -2.59. The van der Waals surface area contributed by atoms with Crippen molar-refractivity contribution in [3.63, 3.8) is 0 Å². The highest BCUT2D eigenvalue weighted by Gasteiger charge is 2.37. The van der Waals surface area contributed by atoms with Gasteiger partial charge >= 0.3 is 0 Å². The predicted octanol–water partition coefficient (Wildman–Crippen LogP) is 2.07. The van der Waals surface area contributed by atoms with E-state index in [4.69, 9.17) is 5.73 Å². The Morgan fingerprint density at radius 2 is 2.37 bits per heavy atom.